The van der Waals surface area contributed by atoms with Crippen LogP contribution < -0.4 is 0 Å². The smallest absolute Gasteiger partial charge is 1.00 e. The Kier molecular flexibility index (Phi) is 5.47. The van der Waals surface area contributed by atoms with Gasteiger partial charge in [0, 0.05) is 0 Å². The van der Waals surface area contributed by atoms with Crippen molar-refractivity contribution in [1.82, 2.24) is 0 Å². The summed E-state index contributed by atoms with van der Waals surface area (Å²) in [7, 11) is 1.40. The van der Waals surface area contributed by atoms with Gasteiger partial charge in [-0.25, -0.2) is 0 Å². The molecule has 0 aliphatic heterocycles. The van der Waals surface area contributed by atoms with Crippen LogP contribution in [-0.4, -0.2) is 36.1 Å². The number of carbonyl (C=O) groups is 1. The van der Waals surface area contributed by atoms with E-state index in [0.717, 1.165) is 0 Å². The summed E-state index contributed by atoms with van der Waals surface area (Å²) in [5.41, 5.74) is -0.352. The molecule has 9 heavy (non-hydrogen) atoms. The molecule has 0 bridgehead atoms. The molecule has 0 rings (SSSR count). The summed E-state index contributed by atoms with van der Waals surface area (Å²) in [6.45, 7) is 5.45. The van der Waals surface area contributed by atoms with Crippen molar-refractivity contribution in [2.24, 2.45) is 5.41 Å². The molecule has 52 valence electrons. The van der Waals surface area contributed by atoms with Gasteiger partial charge in [-0.15, -0.1) is 0 Å². The number of hydrogen-bond acceptors (Lipinski definition) is 2. The van der Waals surface area contributed by atoms with Gasteiger partial charge in [-0.2, -0.15) is 0 Å². The summed E-state index contributed by atoms with van der Waals surface area (Å²) in [5.74, 6) is -0.169. The zero-order valence-electron chi connectivity index (χ0n) is 8.52. The molecule has 0 aliphatic carbocycles. The molecule has 0 atom stereocenters. The molecule has 3 heteroatoms. The largest absolute Gasteiger partial charge is 2.00 e. The summed E-state index contributed by atoms with van der Waals surface area (Å²) in [6.07, 6.45) is 0. The van der Waals surface area contributed by atoms with Crippen LogP contribution in [0.4, 0.5) is 0 Å². The van der Waals surface area contributed by atoms with Crippen LogP contribution in [0.1, 0.15) is 23.6 Å². The van der Waals surface area contributed by atoms with E-state index in [4.69, 9.17) is 0 Å². The van der Waals surface area contributed by atoms with Gasteiger partial charge >= 0.3 is 29.0 Å². The molecule has 0 radical (unpaired) electrons. The molecule has 0 aromatic rings. The Morgan fingerprint density at radius 1 is 1.44 bits per heavy atom. The van der Waals surface area contributed by atoms with Crippen LogP contribution in [0.15, 0.2) is 0 Å². The molecule has 0 spiro atoms. The van der Waals surface area contributed by atoms with E-state index in [0.29, 0.717) is 0 Å². The summed E-state index contributed by atoms with van der Waals surface area (Å²) >= 11 is 0. The van der Waals surface area contributed by atoms with E-state index in [-0.39, 0.29) is 37.3 Å². The Hall–Kier alpha value is 0.236. The monoisotopic (exact) mass is 142 g/mol. The van der Waals surface area contributed by atoms with Crippen LogP contribution in [-0.2, 0) is 9.53 Å². The van der Waals surface area contributed by atoms with Crippen LogP contribution in [0.2, 0.25) is 0 Å². The Labute approximate surface area is 75.1 Å². The maximum atomic E-state index is 10.6. The fourth-order valence-corrected chi connectivity index (χ4v) is 0.306. The first-order chi connectivity index (χ1) is 3.48. The van der Waals surface area contributed by atoms with Crippen LogP contribution in [0.25, 0.3) is 0 Å². The molecule has 0 saturated heterocycles. The minimum absolute atomic E-state index is 0. The number of esters is 1. The van der Waals surface area contributed by atoms with Crippen molar-refractivity contribution in [3.63, 3.8) is 0 Å². The molecule has 0 saturated carbocycles. The first kappa shape index (κ1) is 12.0. The van der Waals surface area contributed by atoms with Crippen molar-refractivity contribution in [2.45, 2.75) is 20.8 Å². The maximum Gasteiger partial charge on any atom is 2.00 e. The molecule has 0 aromatic heterocycles. The fraction of sp³-hybridized carbons (Fsp3) is 0.833. The third kappa shape index (κ3) is 4.72. The van der Waals surface area contributed by atoms with Gasteiger partial charge in [-0.05, 0) is 20.8 Å². The van der Waals surface area contributed by atoms with Gasteiger partial charge in [-0.1, -0.05) is 0 Å². The number of carbonyl (C=O) groups excluding carboxylic acids is 1. The normalized spacial score (nSPS) is 9.78. The molecular weight excluding hydrogens is 128 g/mol. The minimum atomic E-state index is -0.352. The van der Waals surface area contributed by atoms with Crippen molar-refractivity contribution in [3.8, 4) is 0 Å². The van der Waals surface area contributed by atoms with Gasteiger partial charge in [0.25, 0.3) is 0 Å². The van der Waals surface area contributed by atoms with E-state index in [1.807, 2.05) is 20.8 Å². The zero-order valence-corrected chi connectivity index (χ0v) is 7.94. The topological polar surface area (TPSA) is 26.3 Å². The number of hydrogen-bond donors (Lipinski definition) is 0. The van der Waals surface area contributed by atoms with Gasteiger partial charge < -0.3 is 7.59 Å². The summed E-state index contributed by atoms with van der Waals surface area (Å²) in [4.78, 5) is 10.6. The summed E-state index contributed by atoms with van der Waals surface area (Å²) < 4.78 is 4.48. The molecule has 0 aliphatic rings. The first-order valence-corrected chi connectivity index (χ1v) is 2.57. The second-order valence-electron chi connectivity index (χ2n) is 2.74. The second kappa shape index (κ2) is 4.12. The van der Waals surface area contributed by atoms with Crippen molar-refractivity contribution < 1.29 is 12.4 Å². The van der Waals surface area contributed by atoms with Crippen LogP contribution in [0, 0.1) is 5.41 Å². The van der Waals surface area contributed by atoms with E-state index >= 15 is 0 Å². The van der Waals surface area contributed by atoms with E-state index in [1.165, 1.54) is 7.11 Å². The molecule has 0 fully saturated rings. The van der Waals surface area contributed by atoms with Gasteiger partial charge in [-0.3, -0.25) is 4.79 Å². The molecular formula is C6H14MgO2. The minimum Gasteiger partial charge on any atom is -1.00 e. The zero-order chi connectivity index (χ0) is 6.78. The summed E-state index contributed by atoms with van der Waals surface area (Å²) in [6, 6.07) is 0. The standard InChI is InChI=1S/C6H12O2.Mg.2H/c1-6(2,3)5(7)8-4;;;/h1-4H3;;;/q;+2;2*-1. The van der Waals surface area contributed by atoms with Gasteiger partial charge in [0.2, 0.25) is 0 Å². The fourth-order valence-electron chi connectivity index (χ4n) is 0.306. The quantitative estimate of drug-likeness (QED) is 0.373. The van der Waals surface area contributed by atoms with E-state index in [9.17, 15) is 4.79 Å². The second-order valence-corrected chi connectivity index (χ2v) is 2.74. The van der Waals surface area contributed by atoms with Crippen molar-refractivity contribution in [1.29, 1.82) is 0 Å². The molecule has 0 amide bonds. The molecule has 2 nitrogen and oxygen atoms in total. The Bertz CT molecular complexity index is 101. The SMILES string of the molecule is COC(=O)C(C)(C)C.[H-].[H-].[Mg+2]. The van der Waals surface area contributed by atoms with E-state index in [2.05, 4.69) is 4.74 Å². The number of rotatable bonds is 0. The Balaban J connectivity index is -0.0000000817. The first-order valence-electron chi connectivity index (χ1n) is 2.57. The van der Waals surface area contributed by atoms with E-state index < -0.39 is 0 Å². The van der Waals surface area contributed by atoms with Gasteiger partial charge in [0.1, 0.15) is 0 Å². The molecule has 0 aromatic carbocycles. The maximum absolute atomic E-state index is 10.6. The predicted octanol–water partition coefficient (Wildman–Crippen LogP) is 1.05. The third-order valence-corrected chi connectivity index (χ3v) is 0.798. The summed E-state index contributed by atoms with van der Waals surface area (Å²) in [5, 5.41) is 0. The van der Waals surface area contributed by atoms with Crippen molar-refractivity contribution >= 4 is 29.0 Å². The Morgan fingerprint density at radius 3 is 1.78 bits per heavy atom. The van der Waals surface area contributed by atoms with Crippen molar-refractivity contribution in [2.75, 3.05) is 7.11 Å². The van der Waals surface area contributed by atoms with Crippen molar-refractivity contribution in [3.05, 3.63) is 0 Å². The number of methoxy groups -OCH3 is 1. The van der Waals surface area contributed by atoms with Crippen LogP contribution in [0.5, 0.6) is 0 Å². The predicted molar refractivity (Wildman–Crippen MR) is 39.4 cm³/mol. The van der Waals surface area contributed by atoms with Gasteiger partial charge in [0.15, 0.2) is 0 Å². The molecule has 0 N–H and O–H groups in total. The van der Waals surface area contributed by atoms with Crippen LogP contribution in [0.3, 0.4) is 0 Å². The average Bonchev–Trinajstić information content (AvgIpc) is 1.62. The number of ether oxygens (including phenoxy) is 1. The van der Waals surface area contributed by atoms with Gasteiger partial charge in [0.05, 0.1) is 12.5 Å². The molecule has 0 heterocycles. The Morgan fingerprint density at radius 2 is 1.78 bits per heavy atom. The molecule has 0 unspecified atom stereocenters. The van der Waals surface area contributed by atoms with E-state index in [1.54, 1.807) is 0 Å². The van der Waals surface area contributed by atoms with Crippen LogP contribution >= 0.6 is 0 Å². The average molecular weight is 142 g/mol. The third-order valence-electron chi connectivity index (χ3n) is 0.798.